The maximum absolute atomic E-state index is 10.4. The molecule has 2 aromatic carbocycles. The fraction of sp³-hybridized carbons (Fsp3) is 0.455. The number of methoxy groups -OCH3 is 1. The highest BCUT2D eigenvalue weighted by Crippen LogP contribution is 2.20. The third kappa shape index (κ3) is 5.93. The van der Waals surface area contributed by atoms with Gasteiger partial charge in [-0.05, 0) is 73.9 Å². The molecule has 4 heteroatoms. The standard InChI is InChI=1S/C22H29NO2.ClH/c1-25-21-12-9-18(10-13-21)6-5-7-19-8-11-20(22(24)16-19)17-23-14-3-2-4-15-23;/h8-13,16,24H,2-7,14-15,17H2,1H3;1H. The number of ether oxygens (including phenoxy) is 1. The maximum Gasteiger partial charge on any atom is 0.124 e. The third-order valence-corrected chi connectivity index (χ3v) is 5.24. The molecule has 0 spiro atoms. The lowest BCUT2D eigenvalue weighted by Gasteiger charge is -2.23. The van der Waals surface area contributed by atoms with E-state index in [1.807, 2.05) is 18.2 Å². The molecule has 1 heterocycles. The van der Waals surface area contributed by atoms with E-state index in [9.17, 15) is 5.11 Å². The van der Waals surface area contributed by atoms with Crippen molar-refractivity contribution in [2.45, 2.75) is 45.1 Å². The van der Waals surface area contributed by atoms with Gasteiger partial charge in [-0.2, -0.15) is 0 Å². The summed E-state index contributed by atoms with van der Waals surface area (Å²) in [6, 6.07) is 14.6. The summed E-state index contributed by atoms with van der Waals surface area (Å²) in [7, 11) is 1.69. The van der Waals surface area contributed by atoms with Crippen LogP contribution in [0.5, 0.6) is 11.5 Å². The average Bonchev–Trinajstić information content (AvgIpc) is 2.65. The van der Waals surface area contributed by atoms with Crippen molar-refractivity contribution in [1.29, 1.82) is 0 Å². The summed E-state index contributed by atoms with van der Waals surface area (Å²) in [6.45, 7) is 3.43. The van der Waals surface area contributed by atoms with Crippen LogP contribution >= 0.6 is 0 Å². The number of likely N-dealkylation sites (tertiary alicyclic amines) is 1. The van der Waals surface area contributed by atoms with E-state index < -0.39 is 0 Å². The first kappa shape index (κ1) is 20.6. The molecule has 3 rings (SSSR count). The van der Waals surface area contributed by atoms with Crippen LogP contribution in [0.1, 0.15) is 42.4 Å². The molecule has 142 valence electrons. The van der Waals surface area contributed by atoms with Gasteiger partial charge >= 0.3 is 0 Å². The second-order valence-corrected chi connectivity index (χ2v) is 7.15. The Hall–Kier alpha value is -1.71. The van der Waals surface area contributed by atoms with E-state index in [2.05, 4.69) is 24.3 Å². The molecular weight excluding hydrogens is 346 g/mol. The summed E-state index contributed by atoms with van der Waals surface area (Å²) in [5, 5.41) is 10.4. The Kier molecular flexibility index (Phi) is 8.27. The fourth-order valence-electron chi connectivity index (χ4n) is 3.70. The predicted octanol–water partition coefficient (Wildman–Crippen LogP) is 0.149. The van der Waals surface area contributed by atoms with Crippen LogP contribution in [0.25, 0.3) is 0 Å². The van der Waals surface area contributed by atoms with Gasteiger partial charge in [0.05, 0.1) is 20.2 Å². The lowest BCUT2D eigenvalue weighted by Crippen LogP contribution is -3.11. The number of nitrogens with one attached hydrogen (secondary N) is 1. The van der Waals surface area contributed by atoms with Crippen molar-refractivity contribution in [3.8, 4) is 11.5 Å². The van der Waals surface area contributed by atoms with Crippen molar-refractivity contribution in [2.24, 2.45) is 0 Å². The molecule has 1 fully saturated rings. The Labute approximate surface area is 163 Å². The molecule has 1 saturated heterocycles. The van der Waals surface area contributed by atoms with Crippen molar-refractivity contribution in [3.63, 3.8) is 0 Å². The Morgan fingerprint density at radius 3 is 2.23 bits per heavy atom. The summed E-state index contributed by atoms with van der Waals surface area (Å²) >= 11 is 0. The van der Waals surface area contributed by atoms with Crippen LogP contribution in [-0.4, -0.2) is 25.3 Å². The summed E-state index contributed by atoms with van der Waals surface area (Å²) < 4.78 is 5.19. The minimum Gasteiger partial charge on any atom is -1.00 e. The molecule has 0 amide bonds. The summed E-state index contributed by atoms with van der Waals surface area (Å²) in [5.41, 5.74) is 3.65. The number of aryl methyl sites for hydroxylation is 2. The predicted molar refractivity (Wildman–Crippen MR) is 101 cm³/mol. The van der Waals surface area contributed by atoms with Gasteiger partial charge in [-0.25, -0.2) is 0 Å². The first-order valence-corrected chi connectivity index (χ1v) is 9.52. The number of piperidine rings is 1. The van der Waals surface area contributed by atoms with Crippen molar-refractivity contribution < 1.29 is 27.2 Å². The molecule has 0 radical (unpaired) electrons. The Bertz CT molecular complexity index is 666. The smallest absolute Gasteiger partial charge is 0.124 e. The van der Waals surface area contributed by atoms with Crippen molar-refractivity contribution in [2.75, 3.05) is 20.2 Å². The highest BCUT2D eigenvalue weighted by atomic mass is 35.5. The van der Waals surface area contributed by atoms with Crippen molar-refractivity contribution in [3.05, 3.63) is 59.2 Å². The van der Waals surface area contributed by atoms with Crippen LogP contribution in [0, 0.1) is 0 Å². The van der Waals surface area contributed by atoms with Crippen LogP contribution in [0.3, 0.4) is 0 Å². The lowest BCUT2D eigenvalue weighted by atomic mass is 10.0. The average molecular weight is 376 g/mol. The maximum atomic E-state index is 10.4. The van der Waals surface area contributed by atoms with Gasteiger partial charge in [0.15, 0.2) is 0 Å². The van der Waals surface area contributed by atoms with E-state index in [1.54, 1.807) is 12.0 Å². The molecule has 26 heavy (non-hydrogen) atoms. The van der Waals surface area contributed by atoms with Crippen LogP contribution in [0.15, 0.2) is 42.5 Å². The second kappa shape index (κ2) is 10.4. The highest BCUT2D eigenvalue weighted by molar-refractivity contribution is 5.36. The third-order valence-electron chi connectivity index (χ3n) is 5.24. The van der Waals surface area contributed by atoms with Gasteiger partial charge in [-0.1, -0.05) is 18.2 Å². The SMILES string of the molecule is COc1ccc(CCCc2ccc(C[NH+]3CCCCC3)c(O)c2)cc1.[Cl-]. The van der Waals surface area contributed by atoms with E-state index >= 15 is 0 Å². The van der Waals surface area contributed by atoms with E-state index in [0.717, 1.165) is 37.1 Å². The monoisotopic (exact) mass is 375 g/mol. The number of rotatable bonds is 7. The minimum atomic E-state index is 0. The minimum absolute atomic E-state index is 0. The zero-order chi connectivity index (χ0) is 17.5. The van der Waals surface area contributed by atoms with E-state index in [-0.39, 0.29) is 12.4 Å². The van der Waals surface area contributed by atoms with Crippen LogP contribution in [0.2, 0.25) is 0 Å². The second-order valence-electron chi connectivity index (χ2n) is 7.15. The molecule has 0 unspecified atom stereocenters. The highest BCUT2D eigenvalue weighted by Gasteiger charge is 2.15. The molecular formula is C22H30ClNO2. The molecule has 1 aliphatic rings. The Morgan fingerprint density at radius 1 is 0.923 bits per heavy atom. The number of quaternary nitrogens is 1. The number of phenolic OH excluding ortho intramolecular Hbond substituents is 1. The topological polar surface area (TPSA) is 33.9 Å². The quantitative estimate of drug-likeness (QED) is 0.722. The molecule has 1 aliphatic heterocycles. The van der Waals surface area contributed by atoms with Crippen LogP contribution in [-0.2, 0) is 19.4 Å². The Morgan fingerprint density at radius 2 is 1.58 bits per heavy atom. The van der Waals surface area contributed by atoms with Crippen molar-refractivity contribution >= 4 is 0 Å². The number of phenols is 1. The Balaban J connectivity index is 0.00000243. The fourth-order valence-corrected chi connectivity index (χ4v) is 3.70. The molecule has 0 aromatic heterocycles. The van der Waals surface area contributed by atoms with Gasteiger partial charge in [0, 0.05) is 5.56 Å². The zero-order valence-electron chi connectivity index (χ0n) is 15.6. The van der Waals surface area contributed by atoms with E-state index in [1.165, 1.54) is 43.5 Å². The lowest BCUT2D eigenvalue weighted by molar-refractivity contribution is -0.918. The van der Waals surface area contributed by atoms with E-state index in [4.69, 9.17) is 4.74 Å². The summed E-state index contributed by atoms with van der Waals surface area (Å²) in [6.07, 6.45) is 7.13. The van der Waals surface area contributed by atoms with Crippen LogP contribution in [0.4, 0.5) is 0 Å². The molecule has 2 aromatic rings. The number of aromatic hydroxyl groups is 1. The number of hydrogen-bond donors (Lipinski definition) is 2. The van der Waals surface area contributed by atoms with Gasteiger partial charge in [-0.3, -0.25) is 0 Å². The first-order valence-electron chi connectivity index (χ1n) is 9.52. The molecule has 0 saturated carbocycles. The normalized spacial score (nSPS) is 14.7. The van der Waals surface area contributed by atoms with Gasteiger partial charge in [0.2, 0.25) is 0 Å². The zero-order valence-corrected chi connectivity index (χ0v) is 16.4. The van der Waals surface area contributed by atoms with Crippen LogP contribution < -0.4 is 22.0 Å². The number of hydrogen-bond acceptors (Lipinski definition) is 2. The van der Waals surface area contributed by atoms with Crippen molar-refractivity contribution in [1.82, 2.24) is 0 Å². The first-order chi connectivity index (χ1) is 12.2. The molecule has 0 aliphatic carbocycles. The summed E-state index contributed by atoms with van der Waals surface area (Å²) in [4.78, 5) is 1.61. The number of halogens is 1. The van der Waals surface area contributed by atoms with Gasteiger partial charge in [-0.15, -0.1) is 0 Å². The number of benzene rings is 2. The van der Waals surface area contributed by atoms with Gasteiger partial charge < -0.3 is 27.2 Å². The van der Waals surface area contributed by atoms with Gasteiger partial charge in [0.1, 0.15) is 18.0 Å². The molecule has 0 atom stereocenters. The molecule has 2 N–H and O–H groups in total. The van der Waals surface area contributed by atoms with Gasteiger partial charge in [0.25, 0.3) is 0 Å². The molecule has 0 bridgehead atoms. The largest absolute Gasteiger partial charge is 1.00 e. The molecule has 3 nitrogen and oxygen atoms in total. The van der Waals surface area contributed by atoms with E-state index in [0.29, 0.717) is 5.75 Å². The summed E-state index contributed by atoms with van der Waals surface area (Å²) in [5.74, 6) is 1.38.